The van der Waals surface area contributed by atoms with Crippen LogP contribution in [0, 0.1) is 0 Å². The standard InChI is InChI=1S/C22H21ClN6O3S/c1-13(10-30)27-22(31)29-14-2-4-18-16(8-14)21(26-12-25-18)28-15-3-5-19(17(23)9-15)32-11-20-24-6-7-33-20/h2-9,12-13,30H,10-11H2,1H3,(H,25,26,28)(H2,27,29,31)/t13-/m1/s1. The number of hydrogen-bond acceptors (Lipinski definition) is 8. The van der Waals surface area contributed by atoms with Gasteiger partial charge >= 0.3 is 6.03 Å². The monoisotopic (exact) mass is 484 g/mol. The maximum atomic E-state index is 12.1. The molecule has 2 amide bonds. The highest BCUT2D eigenvalue weighted by molar-refractivity contribution is 7.09. The van der Waals surface area contributed by atoms with Crippen LogP contribution in [0.1, 0.15) is 11.9 Å². The Morgan fingerprint density at radius 3 is 2.79 bits per heavy atom. The molecule has 0 radical (unpaired) electrons. The summed E-state index contributed by atoms with van der Waals surface area (Å²) in [6.07, 6.45) is 3.19. The number of nitrogens with zero attached hydrogens (tertiary/aromatic N) is 3. The minimum absolute atomic E-state index is 0.148. The number of anilines is 3. The third-order valence-corrected chi connectivity index (χ3v) is 5.62. The number of halogens is 1. The molecule has 2 aromatic heterocycles. The van der Waals surface area contributed by atoms with Crippen molar-refractivity contribution in [3.8, 4) is 5.75 Å². The van der Waals surface area contributed by atoms with Gasteiger partial charge in [0.1, 0.15) is 29.5 Å². The molecule has 0 spiro atoms. The molecule has 11 heteroatoms. The van der Waals surface area contributed by atoms with Gasteiger partial charge in [0.2, 0.25) is 0 Å². The van der Waals surface area contributed by atoms with Crippen molar-refractivity contribution in [1.82, 2.24) is 20.3 Å². The number of aliphatic hydroxyl groups excluding tert-OH is 1. The van der Waals surface area contributed by atoms with Crippen LogP contribution >= 0.6 is 22.9 Å². The molecule has 0 bridgehead atoms. The fourth-order valence-electron chi connectivity index (χ4n) is 2.97. The summed E-state index contributed by atoms with van der Waals surface area (Å²) in [5.41, 5.74) is 1.98. The maximum Gasteiger partial charge on any atom is 0.319 e. The second-order valence-electron chi connectivity index (χ2n) is 7.12. The summed E-state index contributed by atoms with van der Waals surface area (Å²) >= 11 is 7.92. The zero-order valence-electron chi connectivity index (χ0n) is 17.6. The lowest BCUT2D eigenvalue weighted by atomic mass is 10.2. The van der Waals surface area contributed by atoms with Crippen molar-refractivity contribution >= 4 is 57.1 Å². The molecule has 0 saturated heterocycles. The summed E-state index contributed by atoms with van der Waals surface area (Å²) in [4.78, 5) is 24.9. The molecular formula is C22H21ClN6O3S. The Balaban J connectivity index is 1.50. The molecule has 9 nitrogen and oxygen atoms in total. The number of thiazole rings is 1. The summed E-state index contributed by atoms with van der Waals surface area (Å²) in [6, 6.07) is 9.90. The van der Waals surface area contributed by atoms with Crippen LogP contribution in [-0.2, 0) is 6.61 Å². The molecule has 0 fully saturated rings. The number of amides is 2. The Labute approximate surface area is 198 Å². The lowest BCUT2D eigenvalue weighted by molar-refractivity contribution is 0.229. The molecular weight excluding hydrogens is 464 g/mol. The van der Waals surface area contributed by atoms with E-state index < -0.39 is 6.03 Å². The van der Waals surface area contributed by atoms with Crippen LogP contribution in [0.15, 0.2) is 54.3 Å². The van der Waals surface area contributed by atoms with Crippen molar-refractivity contribution < 1.29 is 14.6 Å². The smallest absolute Gasteiger partial charge is 0.319 e. The van der Waals surface area contributed by atoms with Crippen LogP contribution in [0.5, 0.6) is 5.75 Å². The van der Waals surface area contributed by atoms with Crippen LogP contribution in [-0.4, -0.2) is 38.7 Å². The Bertz CT molecular complexity index is 1250. The number of carbonyl (C=O) groups excluding carboxylic acids is 1. The van der Waals surface area contributed by atoms with Crippen molar-refractivity contribution in [2.75, 3.05) is 17.2 Å². The van der Waals surface area contributed by atoms with E-state index in [9.17, 15) is 4.79 Å². The molecule has 2 aromatic carbocycles. The number of carbonyl (C=O) groups is 1. The lowest BCUT2D eigenvalue weighted by Gasteiger charge is -2.14. The molecule has 2 heterocycles. The van der Waals surface area contributed by atoms with Gasteiger partial charge in [-0.1, -0.05) is 11.6 Å². The lowest BCUT2D eigenvalue weighted by Crippen LogP contribution is -2.38. The molecule has 4 N–H and O–H groups in total. The van der Waals surface area contributed by atoms with E-state index in [1.165, 1.54) is 17.7 Å². The van der Waals surface area contributed by atoms with E-state index in [4.69, 9.17) is 21.4 Å². The summed E-state index contributed by atoms with van der Waals surface area (Å²) in [5, 5.41) is 21.6. The van der Waals surface area contributed by atoms with Crippen molar-refractivity contribution in [3.05, 3.63) is 64.3 Å². The number of fused-ring (bicyclic) bond motifs is 1. The van der Waals surface area contributed by atoms with E-state index in [1.807, 2.05) is 11.4 Å². The summed E-state index contributed by atoms with van der Waals surface area (Å²) in [7, 11) is 0. The third-order valence-electron chi connectivity index (χ3n) is 4.57. The number of benzene rings is 2. The average Bonchev–Trinajstić information content (AvgIpc) is 3.32. The van der Waals surface area contributed by atoms with Gasteiger partial charge in [-0.3, -0.25) is 0 Å². The molecule has 0 aliphatic heterocycles. The van der Waals surface area contributed by atoms with E-state index in [0.29, 0.717) is 39.8 Å². The Hall–Kier alpha value is -3.47. The predicted molar refractivity (Wildman–Crippen MR) is 129 cm³/mol. The SMILES string of the molecule is C[C@H](CO)NC(=O)Nc1ccc2ncnc(Nc3ccc(OCc4nccs4)c(Cl)c3)c2c1. The number of rotatable bonds is 8. The largest absolute Gasteiger partial charge is 0.485 e. The highest BCUT2D eigenvalue weighted by atomic mass is 35.5. The number of urea groups is 1. The van der Waals surface area contributed by atoms with Crippen molar-refractivity contribution in [2.45, 2.75) is 19.6 Å². The third kappa shape index (κ3) is 5.86. The number of aromatic nitrogens is 3. The van der Waals surface area contributed by atoms with Crippen molar-refractivity contribution in [3.63, 3.8) is 0 Å². The quantitative estimate of drug-likeness (QED) is 0.289. The van der Waals surface area contributed by atoms with Gasteiger partial charge in [0, 0.05) is 28.3 Å². The number of nitrogens with one attached hydrogen (secondary N) is 3. The molecule has 0 saturated carbocycles. The van der Waals surface area contributed by atoms with E-state index >= 15 is 0 Å². The molecule has 0 aliphatic carbocycles. The average molecular weight is 485 g/mol. The van der Waals surface area contributed by atoms with Crippen LogP contribution in [0.3, 0.4) is 0 Å². The van der Waals surface area contributed by atoms with Gasteiger partial charge in [0.05, 0.1) is 23.2 Å². The Morgan fingerprint density at radius 2 is 2.03 bits per heavy atom. The van der Waals surface area contributed by atoms with E-state index in [-0.39, 0.29) is 12.6 Å². The molecule has 4 rings (SSSR count). The van der Waals surface area contributed by atoms with Gasteiger partial charge in [-0.2, -0.15) is 0 Å². The highest BCUT2D eigenvalue weighted by Gasteiger charge is 2.11. The van der Waals surface area contributed by atoms with Crippen molar-refractivity contribution in [1.29, 1.82) is 0 Å². The van der Waals surface area contributed by atoms with E-state index in [0.717, 1.165) is 10.7 Å². The topological polar surface area (TPSA) is 121 Å². The minimum Gasteiger partial charge on any atom is -0.485 e. The first-order valence-corrected chi connectivity index (χ1v) is 11.3. The molecule has 0 unspecified atom stereocenters. The number of ether oxygens (including phenoxy) is 1. The number of aliphatic hydroxyl groups is 1. The van der Waals surface area contributed by atoms with Crippen molar-refractivity contribution in [2.24, 2.45) is 0 Å². The first-order valence-electron chi connectivity index (χ1n) is 10.0. The predicted octanol–water partition coefficient (Wildman–Crippen LogP) is 4.56. The Morgan fingerprint density at radius 1 is 1.18 bits per heavy atom. The Kier molecular flexibility index (Phi) is 7.18. The first kappa shape index (κ1) is 22.7. The molecule has 0 aliphatic rings. The molecule has 170 valence electrons. The van der Waals surface area contributed by atoms with E-state index in [2.05, 4.69) is 30.9 Å². The molecule has 4 aromatic rings. The van der Waals surface area contributed by atoms with E-state index in [1.54, 1.807) is 43.5 Å². The van der Waals surface area contributed by atoms with Gasteiger partial charge in [-0.15, -0.1) is 11.3 Å². The van der Waals surface area contributed by atoms with Crippen LogP contribution < -0.4 is 20.7 Å². The molecule has 33 heavy (non-hydrogen) atoms. The zero-order valence-corrected chi connectivity index (χ0v) is 19.2. The minimum atomic E-state index is -0.414. The maximum absolute atomic E-state index is 12.1. The fourth-order valence-corrected chi connectivity index (χ4v) is 3.73. The van der Waals surface area contributed by atoms with Gasteiger partial charge < -0.3 is 25.8 Å². The van der Waals surface area contributed by atoms with Gasteiger partial charge in [-0.05, 0) is 43.3 Å². The second kappa shape index (κ2) is 10.4. The van der Waals surface area contributed by atoms with Crippen LogP contribution in [0.4, 0.5) is 22.0 Å². The van der Waals surface area contributed by atoms with Crippen LogP contribution in [0.2, 0.25) is 5.02 Å². The summed E-state index contributed by atoms with van der Waals surface area (Å²) in [6.45, 7) is 1.90. The van der Waals surface area contributed by atoms with Crippen LogP contribution in [0.25, 0.3) is 10.9 Å². The summed E-state index contributed by atoms with van der Waals surface area (Å²) in [5.74, 6) is 1.11. The second-order valence-corrected chi connectivity index (χ2v) is 8.51. The van der Waals surface area contributed by atoms with Gasteiger partial charge in [-0.25, -0.2) is 19.7 Å². The highest BCUT2D eigenvalue weighted by Crippen LogP contribution is 2.31. The normalized spacial score (nSPS) is 11.7. The molecule has 1 atom stereocenters. The zero-order chi connectivity index (χ0) is 23.2. The first-order chi connectivity index (χ1) is 16.0. The van der Waals surface area contributed by atoms with Gasteiger partial charge in [0.15, 0.2) is 0 Å². The van der Waals surface area contributed by atoms with Gasteiger partial charge in [0.25, 0.3) is 0 Å². The summed E-state index contributed by atoms with van der Waals surface area (Å²) < 4.78 is 5.75. The number of hydrogen-bond donors (Lipinski definition) is 4. The fraction of sp³-hybridized carbons (Fsp3) is 0.182.